The van der Waals surface area contributed by atoms with Gasteiger partial charge < -0.3 is 9.15 Å². The first-order valence-electron chi connectivity index (χ1n) is 11.6. The van der Waals surface area contributed by atoms with Gasteiger partial charge in [0, 0.05) is 23.1 Å². The molecular formula is C27H21N3O6S2. The summed E-state index contributed by atoms with van der Waals surface area (Å²) in [4.78, 5) is 43.5. The number of non-ortho nitro benzene ring substituents is 1. The number of hydrogen-bond acceptors (Lipinski definition) is 9. The van der Waals surface area contributed by atoms with Gasteiger partial charge in [-0.25, -0.2) is 9.79 Å². The number of aromatic nitrogens is 1. The minimum absolute atomic E-state index is 0.128. The standard InChI is InChI=1S/C27H21N3O6S2/c1-3-35-26(32)23-16(2)28-27-29(24(23)17-8-7-9-18(14-17)30(33)34)25(31)21(38-27)15-19-12-13-22(36-19)37-20-10-5-4-6-11-20/h4-15,24H,3H2,1-2H3/b21-15+. The molecule has 0 bridgehead atoms. The summed E-state index contributed by atoms with van der Waals surface area (Å²) in [5.74, 6) is -0.143. The molecule has 0 saturated heterocycles. The van der Waals surface area contributed by atoms with E-state index in [4.69, 9.17) is 9.15 Å². The number of benzene rings is 2. The van der Waals surface area contributed by atoms with E-state index in [-0.39, 0.29) is 17.9 Å². The molecule has 192 valence electrons. The lowest BCUT2D eigenvalue weighted by atomic mass is 9.95. The topological polar surface area (TPSA) is 117 Å². The Morgan fingerprint density at radius 1 is 1.21 bits per heavy atom. The smallest absolute Gasteiger partial charge is 0.338 e. The van der Waals surface area contributed by atoms with E-state index in [1.165, 1.54) is 34.5 Å². The van der Waals surface area contributed by atoms with E-state index in [0.29, 0.717) is 31.4 Å². The zero-order valence-corrected chi connectivity index (χ0v) is 22.0. The van der Waals surface area contributed by atoms with Gasteiger partial charge in [-0.05, 0) is 43.7 Å². The zero-order chi connectivity index (χ0) is 26.8. The van der Waals surface area contributed by atoms with E-state index < -0.39 is 22.5 Å². The van der Waals surface area contributed by atoms with Gasteiger partial charge in [0.05, 0.1) is 33.4 Å². The number of nitro benzene ring substituents is 1. The van der Waals surface area contributed by atoms with E-state index in [0.717, 1.165) is 16.2 Å². The Morgan fingerprint density at radius 2 is 2.00 bits per heavy atom. The lowest BCUT2D eigenvalue weighted by molar-refractivity contribution is -0.384. The third kappa shape index (κ3) is 4.98. The fourth-order valence-corrected chi connectivity index (χ4v) is 5.94. The Balaban J connectivity index is 1.61. The lowest BCUT2D eigenvalue weighted by Gasteiger charge is -2.24. The van der Waals surface area contributed by atoms with Crippen LogP contribution < -0.4 is 14.9 Å². The van der Waals surface area contributed by atoms with Gasteiger partial charge >= 0.3 is 5.97 Å². The van der Waals surface area contributed by atoms with Crippen molar-refractivity contribution in [2.24, 2.45) is 4.99 Å². The number of nitro groups is 1. The fraction of sp³-hybridized carbons (Fsp3) is 0.148. The van der Waals surface area contributed by atoms with Crippen molar-refractivity contribution in [2.45, 2.75) is 29.9 Å². The number of rotatable bonds is 7. The summed E-state index contributed by atoms with van der Waals surface area (Å²) in [6.07, 6.45) is 1.63. The number of nitrogens with zero attached hydrogens (tertiary/aromatic N) is 3. The highest BCUT2D eigenvalue weighted by atomic mass is 32.2. The van der Waals surface area contributed by atoms with Crippen LogP contribution in [0.5, 0.6) is 0 Å². The molecule has 9 nitrogen and oxygen atoms in total. The molecule has 0 fully saturated rings. The Morgan fingerprint density at radius 3 is 2.74 bits per heavy atom. The quantitative estimate of drug-likeness (QED) is 0.191. The van der Waals surface area contributed by atoms with Crippen LogP contribution in [0.25, 0.3) is 6.08 Å². The number of allylic oxidation sites excluding steroid dienone is 1. The molecule has 1 aliphatic heterocycles. The summed E-state index contributed by atoms with van der Waals surface area (Å²) in [6.45, 7) is 3.47. The Bertz CT molecular complexity index is 1750. The number of thiazole rings is 1. The Kier molecular flexibility index (Phi) is 7.12. The van der Waals surface area contributed by atoms with Crippen LogP contribution in [0.1, 0.15) is 31.2 Å². The molecule has 0 radical (unpaired) electrons. The van der Waals surface area contributed by atoms with Crippen molar-refractivity contribution in [3.8, 4) is 0 Å². The first-order chi connectivity index (χ1) is 18.4. The monoisotopic (exact) mass is 547 g/mol. The van der Waals surface area contributed by atoms with E-state index in [1.54, 1.807) is 32.1 Å². The molecule has 3 heterocycles. The molecule has 2 aromatic heterocycles. The number of fused-ring (bicyclic) bond motifs is 1. The highest BCUT2D eigenvalue weighted by Crippen LogP contribution is 2.32. The number of ether oxygens (including phenoxy) is 1. The summed E-state index contributed by atoms with van der Waals surface area (Å²) in [7, 11) is 0. The highest BCUT2D eigenvalue weighted by Gasteiger charge is 2.34. The molecule has 0 saturated carbocycles. The van der Waals surface area contributed by atoms with Crippen LogP contribution >= 0.6 is 23.1 Å². The molecular weight excluding hydrogens is 526 g/mol. The average molecular weight is 548 g/mol. The number of esters is 1. The summed E-state index contributed by atoms with van der Waals surface area (Å²) >= 11 is 2.61. The van der Waals surface area contributed by atoms with Crippen LogP contribution in [0.3, 0.4) is 0 Å². The summed E-state index contributed by atoms with van der Waals surface area (Å²) in [5, 5.41) is 12.1. The van der Waals surface area contributed by atoms with E-state index in [2.05, 4.69) is 4.99 Å². The molecule has 11 heteroatoms. The second-order valence-electron chi connectivity index (χ2n) is 8.23. The maximum Gasteiger partial charge on any atom is 0.338 e. The van der Waals surface area contributed by atoms with Crippen molar-refractivity contribution in [2.75, 3.05) is 6.61 Å². The molecule has 1 aliphatic rings. The third-order valence-corrected chi connectivity index (χ3v) is 7.66. The van der Waals surface area contributed by atoms with Gasteiger partial charge in [0.2, 0.25) is 0 Å². The van der Waals surface area contributed by atoms with Gasteiger partial charge in [-0.2, -0.15) is 0 Å². The predicted molar refractivity (Wildman–Crippen MR) is 143 cm³/mol. The number of furan rings is 1. The highest BCUT2D eigenvalue weighted by molar-refractivity contribution is 7.99. The van der Waals surface area contributed by atoms with Gasteiger partial charge in [-0.1, -0.05) is 53.4 Å². The van der Waals surface area contributed by atoms with Crippen LogP contribution in [0.2, 0.25) is 0 Å². The van der Waals surface area contributed by atoms with Gasteiger partial charge in [-0.15, -0.1) is 0 Å². The largest absolute Gasteiger partial charge is 0.463 e. The number of carbonyl (C=O) groups excluding carboxylic acids is 1. The zero-order valence-electron chi connectivity index (χ0n) is 20.3. The summed E-state index contributed by atoms with van der Waals surface area (Å²) in [6, 6.07) is 18.3. The molecule has 1 atom stereocenters. The lowest BCUT2D eigenvalue weighted by Crippen LogP contribution is -2.39. The normalized spacial score (nSPS) is 15.2. The van der Waals surface area contributed by atoms with Crippen LogP contribution in [0.15, 0.2) is 102 Å². The van der Waals surface area contributed by atoms with Crippen LogP contribution in [0.4, 0.5) is 5.69 Å². The minimum Gasteiger partial charge on any atom is -0.463 e. The second-order valence-corrected chi connectivity index (χ2v) is 10.3. The van der Waals surface area contributed by atoms with Gasteiger partial charge in [0.1, 0.15) is 5.76 Å². The predicted octanol–water partition coefficient (Wildman–Crippen LogP) is 4.45. The molecule has 1 unspecified atom stereocenters. The van der Waals surface area contributed by atoms with Crippen molar-refractivity contribution in [3.05, 3.63) is 119 Å². The first-order valence-corrected chi connectivity index (χ1v) is 13.3. The molecule has 2 aromatic carbocycles. The number of carbonyl (C=O) groups is 1. The molecule has 0 aliphatic carbocycles. The SMILES string of the molecule is CCOC(=O)C1=C(C)N=c2s/c(=C/c3ccc(Sc4ccccc4)o3)c(=O)n2C1c1cccc([N+](=O)[O-])c1. The molecule has 4 aromatic rings. The summed E-state index contributed by atoms with van der Waals surface area (Å²) in [5.41, 5.74) is 0.400. The van der Waals surface area contributed by atoms with Crippen LogP contribution in [-0.2, 0) is 9.53 Å². The molecule has 38 heavy (non-hydrogen) atoms. The van der Waals surface area contributed by atoms with Crippen molar-refractivity contribution in [1.29, 1.82) is 0 Å². The minimum atomic E-state index is -0.937. The molecule has 0 N–H and O–H groups in total. The summed E-state index contributed by atoms with van der Waals surface area (Å²) < 4.78 is 12.9. The third-order valence-electron chi connectivity index (χ3n) is 5.75. The Labute approximate surface area is 224 Å². The van der Waals surface area contributed by atoms with E-state index in [9.17, 15) is 19.7 Å². The van der Waals surface area contributed by atoms with Gasteiger partial charge in [0.15, 0.2) is 9.89 Å². The fourth-order valence-electron chi connectivity index (χ4n) is 4.12. The first kappa shape index (κ1) is 25.4. The molecule has 0 amide bonds. The maximum absolute atomic E-state index is 13.7. The second kappa shape index (κ2) is 10.6. The average Bonchev–Trinajstić information content (AvgIpc) is 3.47. The van der Waals surface area contributed by atoms with Crippen LogP contribution in [-0.4, -0.2) is 22.1 Å². The van der Waals surface area contributed by atoms with Crippen LogP contribution in [0, 0.1) is 10.1 Å². The van der Waals surface area contributed by atoms with Crippen molar-refractivity contribution in [1.82, 2.24) is 4.57 Å². The van der Waals surface area contributed by atoms with Crippen molar-refractivity contribution < 1.29 is 18.9 Å². The maximum atomic E-state index is 13.7. The van der Waals surface area contributed by atoms with Gasteiger partial charge in [0.25, 0.3) is 11.2 Å². The van der Waals surface area contributed by atoms with Crippen molar-refractivity contribution in [3.63, 3.8) is 0 Å². The van der Waals surface area contributed by atoms with Gasteiger partial charge in [-0.3, -0.25) is 19.5 Å². The van der Waals surface area contributed by atoms with Crippen molar-refractivity contribution >= 4 is 40.8 Å². The molecule has 0 spiro atoms. The Hall–Kier alpha value is -4.22. The van der Waals surface area contributed by atoms with E-state index >= 15 is 0 Å². The van der Waals surface area contributed by atoms with E-state index in [1.807, 2.05) is 36.4 Å². The number of hydrogen-bond donors (Lipinski definition) is 0. The molecule has 5 rings (SSSR count).